The van der Waals surface area contributed by atoms with Gasteiger partial charge in [0.05, 0.1) is 11.3 Å². The average molecular weight is 337 g/mol. The van der Waals surface area contributed by atoms with Gasteiger partial charge in [-0.05, 0) is 23.6 Å². The summed E-state index contributed by atoms with van der Waals surface area (Å²) in [6.45, 7) is 0.138. The van der Waals surface area contributed by atoms with Gasteiger partial charge in [0.25, 0.3) is 0 Å². The molecule has 0 saturated carbocycles. The fourth-order valence-corrected chi connectivity index (χ4v) is 3.33. The molecule has 0 spiro atoms. The van der Waals surface area contributed by atoms with Crippen LogP contribution >= 0.6 is 34.3 Å². The lowest BCUT2D eigenvalue weighted by Gasteiger charge is -2.02. The van der Waals surface area contributed by atoms with Gasteiger partial charge in [0.2, 0.25) is 0 Å². The molecule has 0 aliphatic rings. The molecule has 3 heterocycles. The minimum atomic E-state index is -0.440. The van der Waals surface area contributed by atoms with E-state index in [1.807, 2.05) is 22.2 Å². The van der Waals surface area contributed by atoms with Crippen molar-refractivity contribution in [3.8, 4) is 10.6 Å². The normalized spacial score (nSPS) is 10.5. The Morgan fingerprint density at radius 3 is 3.00 bits per heavy atom. The van der Waals surface area contributed by atoms with Crippen molar-refractivity contribution in [2.75, 3.05) is 0 Å². The third-order valence-electron chi connectivity index (χ3n) is 2.63. The number of thiophene rings is 1. The minimum Gasteiger partial charge on any atom is -0.456 e. The molecular weight excluding hydrogens is 328 g/mol. The summed E-state index contributed by atoms with van der Waals surface area (Å²) in [5.74, 6) is -0.440. The van der Waals surface area contributed by atoms with Crippen LogP contribution in [0.5, 0.6) is 0 Å². The Labute approximate surface area is 134 Å². The minimum absolute atomic E-state index is 0.138. The Balaban J connectivity index is 1.64. The van der Waals surface area contributed by atoms with Gasteiger partial charge < -0.3 is 4.74 Å². The number of esters is 1. The average Bonchev–Trinajstić information content (AvgIpc) is 3.15. The molecule has 0 radical (unpaired) electrons. The molecule has 0 N–H and O–H groups in total. The summed E-state index contributed by atoms with van der Waals surface area (Å²) in [6, 6.07) is 5.05. The van der Waals surface area contributed by atoms with Crippen LogP contribution in [0.3, 0.4) is 0 Å². The summed E-state index contributed by atoms with van der Waals surface area (Å²) >= 11 is 8.89. The van der Waals surface area contributed by atoms with E-state index in [1.54, 1.807) is 17.4 Å². The van der Waals surface area contributed by atoms with Crippen LogP contribution in [0.2, 0.25) is 5.15 Å². The number of nitrogens with zero attached hydrogens (tertiary/aromatic N) is 2. The predicted octanol–water partition coefficient (Wildman–Crippen LogP) is 4.28. The molecule has 0 amide bonds. The lowest BCUT2D eigenvalue weighted by Crippen LogP contribution is -2.05. The number of carbonyl (C=O) groups is 1. The van der Waals surface area contributed by atoms with E-state index in [-0.39, 0.29) is 11.8 Å². The Hall–Kier alpha value is -1.76. The Kier molecular flexibility index (Phi) is 4.28. The Morgan fingerprint density at radius 2 is 2.24 bits per heavy atom. The lowest BCUT2D eigenvalue weighted by molar-refractivity contribution is 0.0468. The largest absolute Gasteiger partial charge is 0.456 e. The first-order chi connectivity index (χ1) is 10.2. The van der Waals surface area contributed by atoms with E-state index in [0.717, 1.165) is 16.3 Å². The zero-order valence-corrected chi connectivity index (χ0v) is 13.0. The van der Waals surface area contributed by atoms with Gasteiger partial charge in [0.1, 0.15) is 16.8 Å². The van der Waals surface area contributed by atoms with E-state index in [2.05, 4.69) is 9.97 Å². The number of ether oxygens (including phenoxy) is 1. The maximum atomic E-state index is 11.9. The van der Waals surface area contributed by atoms with Gasteiger partial charge in [-0.1, -0.05) is 11.6 Å². The molecule has 3 aromatic rings. The fourth-order valence-electron chi connectivity index (χ4n) is 1.64. The van der Waals surface area contributed by atoms with Gasteiger partial charge in [-0.3, -0.25) is 0 Å². The topological polar surface area (TPSA) is 52.1 Å². The van der Waals surface area contributed by atoms with Crippen molar-refractivity contribution in [1.29, 1.82) is 0 Å². The van der Waals surface area contributed by atoms with Gasteiger partial charge in [-0.2, -0.15) is 11.3 Å². The summed E-state index contributed by atoms with van der Waals surface area (Å²) in [4.78, 5) is 20.1. The Bertz CT molecular complexity index is 756. The number of aromatic nitrogens is 2. The van der Waals surface area contributed by atoms with Crippen molar-refractivity contribution in [2.24, 2.45) is 0 Å². The second-order valence-corrected chi connectivity index (χ2v) is 6.12. The van der Waals surface area contributed by atoms with Crippen LogP contribution in [0.15, 0.2) is 40.5 Å². The molecule has 106 valence electrons. The van der Waals surface area contributed by atoms with Gasteiger partial charge in [0, 0.05) is 22.5 Å². The van der Waals surface area contributed by atoms with Crippen molar-refractivity contribution in [2.45, 2.75) is 6.61 Å². The van der Waals surface area contributed by atoms with E-state index in [9.17, 15) is 4.79 Å². The standard InChI is InChI=1S/C14H9ClN2O2S2/c15-12-5-9(1-3-16-12)14(18)19-6-11-8-21-13(17-11)10-2-4-20-7-10/h1-5,7-8H,6H2. The highest BCUT2D eigenvalue weighted by Crippen LogP contribution is 2.26. The van der Waals surface area contributed by atoms with Gasteiger partial charge in [-0.25, -0.2) is 14.8 Å². The van der Waals surface area contributed by atoms with Crippen LogP contribution in [-0.2, 0) is 11.3 Å². The van der Waals surface area contributed by atoms with E-state index in [0.29, 0.717) is 5.56 Å². The van der Waals surface area contributed by atoms with Crippen LogP contribution in [-0.4, -0.2) is 15.9 Å². The van der Waals surface area contributed by atoms with Crippen LogP contribution in [0, 0.1) is 0 Å². The molecule has 0 atom stereocenters. The quantitative estimate of drug-likeness (QED) is 0.527. The molecule has 7 heteroatoms. The smallest absolute Gasteiger partial charge is 0.338 e. The summed E-state index contributed by atoms with van der Waals surface area (Å²) in [7, 11) is 0. The molecule has 3 rings (SSSR count). The SMILES string of the molecule is O=C(OCc1csc(-c2ccsc2)n1)c1ccnc(Cl)c1. The third-order valence-corrected chi connectivity index (χ3v) is 4.46. The van der Waals surface area contributed by atoms with E-state index >= 15 is 0 Å². The number of hydrogen-bond donors (Lipinski definition) is 0. The van der Waals surface area contributed by atoms with E-state index in [4.69, 9.17) is 16.3 Å². The zero-order chi connectivity index (χ0) is 14.7. The summed E-state index contributed by atoms with van der Waals surface area (Å²) in [6.07, 6.45) is 1.47. The molecule has 3 aromatic heterocycles. The molecule has 4 nitrogen and oxygen atoms in total. The summed E-state index contributed by atoms with van der Waals surface area (Å²) in [5.41, 5.74) is 2.20. The number of carbonyl (C=O) groups excluding carboxylic acids is 1. The van der Waals surface area contributed by atoms with Gasteiger partial charge in [-0.15, -0.1) is 11.3 Å². The van der Waals surface area contributed by atoms with Crippen molar-refractivity contribution < 1.29 is 9.53 Å². The van der Waals surface area contributed by atoms with Gasteiger partial charge in [0.15, 0.2) is 0 Å². The summed E-state index contributed by atoms with van der Waals surface area (Å²) < 4.78 is 5.22. The fraction of sp³-hybridized carbons (Fsp3) is 0.0714. The lowest BCUT2D eigenvalue weighted by atomic mass is 10.3. The number of rotatable bonds is 4. The summed E-state index contributed by atoms with van der Waals surface area (Å²) in [5, 5.41) is 7.11. The van der Waals surface area contributed by atoms with Gasteiger partial charge >= 0.3 is 5.97 Å². The molecule has 0 aromatic carbocycles. The van der Waals surface area contributed by atoms with Crippen molar-refractivity contribution in [3.63, 3.8) is 0 Å². The van der Waals surface area contributed by atoms with Crippen LogP contribution in [0.1, 0.15) is 16.1 Å². The highest BCUT2D eigenvalue weighted by molar-refractivity contribution is 7.14. The maximum Gasteiger partial charge on any atom is 0.338 e. The van der Waals surface area contributed by atoms with Crippen LogP contribution < -0.4 is 0 Å². The number of thiazole rings is 1. The molecule has 0 aliphatic heterocycles. The van der Waals surface area contributed by atoms with E-state index in [1.165, 1.54) is 23.6 Å². The van der Waals surface area contributed by atoms with Crippen molar-refractivity contribution >= 4 is 40.2 Å². The molecule has 21 heavy (non-hydrogen) atoms. The molecular formula is C14H9ClN2O2S2. The first-order valence-corrected chi connectivity index (χ1v) is 8.18. The molecule has 0 bridgehead atoms. The second kappa shape index (κ2) is 6.34. The maximum absolute atomic E-state index is 11.9. The van der Waals surface area contributed by atoms with Crippen LogP contribution in [0.4, 0.5) is 0 Å². The molecule has 0 aliphatic carbocycles. The van der Waals surface area contributed by atoms with Crippen molar-refractivity contribution in [3.05, 3.63) is 56.9 Å². The number of hydrogen-bond acceptors (Lipinski definition) is 6. The van der Waals surface area contributed by atoms with Crippen LogP contribution in [0.25, 0.3) is 10.6 Å². The highest BCUT2D eigenvalue weighted by Gasteiger charge is 2.10. The predicted molar refractivity (Wildman–Crippen MR) is 83.8 cm³/mol. The first-order valence-electron chi connectivity index (χ1n) is 5.98. The Morgan fingerprint density at radius 1 is 1.33 bits per heavy atom. The molecule has 0 unspecified atom stereocenters. The highest BCUT2D eigenvalue weighted by atomic mass is 35.5. The van der Waals surface area contributed by atoms with E-state index < -0.39 is 5.97 Å². The zero-order valence-electron chi connectivity index (χ0n) is 10.7. The first kappa shape index (κ1) is 14.2. The monoisotopic (exact) mass is 336 g/mol. The number of halogens is 1. The molecule has 0 saturated heterocycles. The molecule has 0 fully saturated rings. The van der Waals surface area contributed by atoms with Crippen molar-refractivity contribution in [1.82, 2.24) is 9.97 Å². The third kappa shape index (κ3) is 3.47. The number of pyridine rings is 1. The second-order valence-electron chi connectivity index (χ2n) is 4.10.